The molecule has 1 N–H and O–H groups in total. The summed E-state index contributed by atoms with van der Waals surface area (Å²) in [5.41, 5.74) is 1.94. The van der Waals surface area contributed by atoms with Crippen LogP contribution in [0.15, 0.2) is 42.9 Å². The Morgan fingerprint density at radius 1 is 1.22 bits per heavy atom. The maximum Gasteiger partial charge on any atom is 0.148 e. The van der Waals surface area contributed by atoms with Gasteiger partial charge in [-0.3, -0.25) is 4.68 Å². The van der Waals surface area contributed by atoms with E-state index in [2.05, 4.69) is 28.0 Å². The van der Waals surface area contributed by atoms with E-state index in [1.54, 1.807) is 0 Å². The summed E-state index contributed by atoms with van der Waals surface area (Å²) in [5, 5.41) is 7.42. The van der Waals surface area contributed by atoms with Gasteiger partial charge in [0.1, 0.15) is 11.5 Å². The normalized spacial score (nSPS) is 10.9. The number of rotatable bonds is 4. The molecule has 0 aliphatic carbocycles. The summed E-state index contributed by atoms with van der Waals surface area (Å²) in [6.45, 7) is 0.663. The topological polar surface area (TPSA) is 47.2 Å². The quantitative estimate of drug-likeness (QED) is 0.555. The first-order valence-electron chi connectivity index (χ1n) is 5.66. The lowest BCUT2D eigenvalue weighted by atomic mass is 10.5. The van der Waals surface area contributed by atoms with E-state index in [0.29, 0.717) is 12.4 Å². The molecule has 92 valence electrons. The minimum absolute atomic E-state index is 0.575. The first-order valence-corrected chi connectivity index (χ1v) is 6.29. The van der Waals surface area contributed by atoms with Crippen molar-refractivity contribution in [2.24, 2.45) is 0 Å². The van der Waals surface area contributed by atoms with Crippen molar-refractivity contribution in [1.29, 1.82) is 0 Å². The van der Waals surface area contributed by atoms with Gasteiger partial charge in [-0.25, -0.2) is 4.98 Å². The van der Waals surface area contributed by atoms with Crippen LogP contribution in [0, 0.1) is 0 Å². The highest BCUT2D eigenvalue weighted by Crippen LogP contribution is 2.08. The van der Waals surface area contributed by atoms with Crippen LogP contribution < -0.4 is 5.32 Å². The number of anilines is 1. The van der Waals surface area contributed by atoms with Gasteiger partial charge in [-0.1, -0.05) is 6.07 Å². The van der Waals surface area contributed by atoms with Gasteiger partial charge < -0.3 is 9.72 Å². The molecule has 0 saturated heterocycles. The van der Waals surface area contributed by atoms with Gasteiger partial charge in [0.15, 0.2) is 0 Å². The van der Waals surface area contributed by atoms with E-state index >= 15 is 0 Å². The molecule has 0 amide bonds. The predicted octanol–water partition coefficient (Wildman–Crippen LogP) is 1.88. The van der Waals surface area contributed by atoms with E-state index < -0.39 is 0 Å². The highest BCUT2D eigenvalue weighted by molar-refractivity contribution is 7.80. The molecule has 0 aromatic carbocycles. The third kappa shape index (κ3) is 2.19. The summed E-state index contributed by atoms with van der Waals surface area (Å²) in [4.78, 5) is 4.53. The number of thiol groups is 1. The Bertz CT molecular complexity index is 624. The van der Waals surface area contributed by atoms with E-state index in [-0.39, 0.29) is 0 Å². The molecule has 0 aliphatic rings. The van der Waals surface area contributed by atoms with Gasteiger partial charge in [-0.2, -0.15) is 17.7 Å². The first kappa shape index (κ1) is 11.2. The van der Waals surface area contributed by atoms with E-state index in [9.17, 15) is 0 Å². The molecule has 3 aromatic heterocycles. The average Bonchev–Trinajstić information content (AvgIpc) is 2.96. The minimum Gasteiger partial charge on any atom is -0.360 e. The SMILES string of the molecule is SCNc1ccn(Cc2cn3ccccc3n2)n1. The summed E-state index contributed by atoms with van der Waals surface area (Å²) in [6.07, 6.45) is 5.93. The molecule has 3 aromatic rings. The Kier molecular flexibility index (Phi) is 2.93. The molecule has 3 heterocycles. The third-order valence-corrected chi connectivity index (χ3v) is 2.80. The van der Waals surface area contributed by atoms with Gasteiger partial charge in [0.25, 0.3) is 0 Å². The van der Waals surface area contributed by atoms with Crippen LogP contribution in [0.2, 0.25) is 0 Å². The van der Waals surface area contributed by atoms with Crippen molar-refractivity contribution in [3.05, 3.63) is 48.5 Å². The Labute approximate surface area is 110 Å². The lowest BCUT2D eigenvalue weighted by molar-refractivity contribution is 0.678. The molecule has 5 nitrogen and oxygen atoms in total. The highest BCUT2D eigenvalue weighted by Gasteiger charge is 2.03. The van der Waals surface area contributed by atoms with Crippen LogP contribution in [0.4, 0.5) is 5.82 Å². The Morgan fingerprint density at radius 3 is 3.00 bits per heavy atom. The van der Waals surface area contributed by atoms with E-state index in [1.807, 2.05) is 51.9 Å². The first-order chi connectivity index (χ1) is 8.85. The van der Waals surface area contributed by atoms with Crippen LogP contribution >= 0.6 is 12.6 Å². The smallest absolute Gasteiger partial charge is 0.148 e. The lowest BCUT2D eigenvalue weighted by Gasteiger charge is -1.98. The number of pyridine rings is 1. The predicted molar refractivity (Wildman–Crippen MR) is 74.0 cm³/mol. The van der Waals surface area contributed by atoms with Crippen molar-refractivity contribution in [2.45, 2.75) is 6.54 Å². The molecule has 0 atom stereocenters. The molecule has 3 rings (SSSR count). The maximum absolute atomic E-state index is 4.53. The molecule has 0 radical (unpaired) electrons. The fraction of sp³-hybridized carbons (Fsp3) is 0.167. The summed E-state index contributed by atoms with van der Waals surface area (Å²) >= 11 is 4.10. The van der Waals surface area contributed by atoms with Gasteiger partial charge >= 0.3 is 0 Å². The second kappa shape index (κ2) is 4.73. The second-order valence-corrected chi connectivity index (χ2v) is 4.25. The largest absolute Gasteiger partial charge is 0.360 e. The van der Waals surface area contributed by atoms with Crippen LogP contribution in [0.1, 0.15) is 5.69 Å². The van der Waals surface area contributed by atoms with Crippen LogP contribution in [0.25, 0.3) is 5.65 Å². The van der Waals surface area contributed by atoms with Crippen molar-refractivity contribution in [1.82, 2.24) is 19.2 Å². The van der Waals surface area contributed by atoms with Crippen LogP contribution in [0.5, 0.6) is 0 Å². The summed E-state index contributed by atoms with van der Waals surface area (Å²) in [6, 6.07) is 7.88. The van der Waals surface area contributed by atoms with E-state index in [0.717, 1.165) is 17.2 Å². The van der Waals surface area contributed by atoms with Crippen molar-refractivity contribution < 1.29 is 0 Å². The molecule has 0 unspecified atom stereocenters. The summed E-state index contributed by atoms with van der Waals surface area (Å²) in [5.74, 6) is 1.40. The van der Waals surface area contributed by atoms with Gasteiger partial charge in [0.05, 0.1) is 18.1 Å². The van der Waals surface area contributed by atoms with Crippen molar-refractivity contribution in [2.75, 3.05) is 11.2 Å². The van der Waals surface area contributed by atoms with Gasteiger partial charge in [-0.05, 0) is 12.1 Å². The van der Waals surface area contributed by atoms with Crippen LogP contribution in [-0.2, 0) is 6.54 Å². The van der Waals surface area contributed by atoms with Gasteiger partial charge in [0, 0.05) is 24.7 Å². The van der Waals surface area contributed by atoms with Crippen LogP contribution in [0.3, 0.4) is 0 Å². The summed E-state index contributed by atoms with van der Waals surface area (Å²) < 4.78 is 3.86. The Morgan fingerprint density at radius 2 is 2.17 bits per heavy atom. The van der Waals surface area contributed by atoms with Crippen LogP contribution in [-0.4, -0.2) is 25.0 Å². The van der Waals surface area contributed by atoms with Crippen molar-refractivity contribution in [3.63, 3.8) is 0 Å². The molecule has 0 fully saturated rings. The van der Waals surface area contributed by atoms with Crippen molar-refractivity contribution in [3.8, 4) is 0 Å². The number of nitrogens with one attached hydrogen (secondary N) is 1. The lowest BCUT2D eigenvalue weighted by Crippen LogP contribution is -2.02. The van der Waals surface area contributed by atoms with Gasteiger partial charge in [-0.15, -0.1) is 0 Å². The zero-order chi connectivity index (χ0) is 12.4. The highest BCUT2D eigenvalue weighted by atomic mass is 32.1. The van der Waals surface area contributed by atoms with Gasteiger partial charge in [0.2, 0.25) is 0 Å². The molecule has 0 bridgehead atoms. The fourth-order valence-electron chi connectivity index (χ4n) is 1.85. The zero-order valence-electron chi connectivity index (χ0n) is 9.69. The number of hydrogen-bond acceptors (Lipinski definition) is 4. The molecule has 0 aliphatic heterocycles. The monoisotopic (exact) mass is 259 g/mol. The zero-order valence-corrected chi connectivity index (χ0v) is 10.6. The van der Waals surface area contributed by atoms with Crippen molar-refractivity contribution >= 4 is 24.1 Å². The third-order valence-electron chi connectivity index (χ3n) is 2.64. The number of hydrogen-bond donors (Lipinski definition) is 2. The molecule has 6 heteroatoms. The minimum atomic E-state index is 0.575. The molecular formula is C12H13N5S. The molecular weight excluding hydrogens is 246 g/mol. The second-order valence-electron chi connectivity index (χ2n) is 3.93. The Balaban J connectivity index is 1.82. The molecule has 18 heavy (non-hydrogen) atoms. The maximum atomic E-state index is 4.53. The summed E-state index contributed by atoms with van der Waals surface area (Å²) in [7, 11) is 0. The van der Waals surface area contributed by atoms with E-state index in [4.69, 9.17) is 0 Å². The fourth-order valence-corrected chi connectivity index (χ4v) is 2.02. The number of imidazole rings is 1. The molecule has 0 saturated carbocycles. The average molecular weight is 259 g/mol. The number of nitrogens with zero attached hydrogens (tertiary/aromatic N) is 4. The Hall–Kier alpha value is -1.95. The number of aromatic nitrogens is 4. The number of fused-ring (bicyclic) bond motifs is 1. The standard InChI is InChI=1S/C12H13N5S/c18-9-13-11-4-6-17(15-11)8-10-7-16-5-2-1-3-12(16)14-10/h1-7,18H,8-9H2,(H,13,15). The van der Waals surface area contributed by atoms with E-state index in [1.165, 1.54) is 0 Å². The molecule has 0 spiro atoms.